The molecule has 0 spiro atoms. The fourth-order valence-electron chi connectivity index (χ4n) is 10.3. The van der Waals surface area contributed by atoms with Gasteiger partial charge in [0.15, 0.2) is 0 Å². The fourth-order valence-corrected chi connectivity index (χ4v) is 18.0. The van der Waals surface area contributed by atoms with Gasteiger partial charge in [0.2, 0.25) is 40.1 Å². The molecule has 69 heavy (non-hydrogen) atoms. The van der Waals surface area contributed by atoms with Crippen LogP contribution in [0, 0.1) is 83.1 Å². The van der Waals surface area contributed by atoms with Crippen molar-refractivity contribution in [2.75, 3.05) is 52.4 Å². The number of unbranched alkanes of at least 4 members (excludes halogenated alkanes) is 4. The van der Waals surface area contributed by atoms with Crippen LogP contribution in [0.15, 0.2) is 68.1 Å². The SMILES string of the molecule is CCN(CCCCN(CCCCCN(CCCCN(CC)S(=O)(=O)c1c(C)cc(C)cc1C)S(=O)(=O)c1c(C)cc(C)cc1C)S(=O)(=O)c1c(C)cc(C)cc1C)S(=O)(=O)c1c(C)cc(C)cc1C. The Labute approximate surface area is 417 Å². The van der Waals surface area contributed by atoms with Crippen molar-refractivity contribution in [1.29, 1.82) is 0 Å². The van der Waals surface area contributed by atoms with Gasteiger partial charge in [0, 0.05) is 52.4 Å². The van der Waals surface area contributed by atoms with E-state index in [1.54, 1.807) is 27.7 Å². The van der Waals surface area contributed by atoms with E-state index in [9.17, 15) is 33.7 Å². The summed E-state index contributed by atoms with van der Waals surface area (Å²) in [6, 6.07) is 15.0. The number of aryl methyl sites for hydroxylation is 12. The molecule has 12 nitrogen and oxygen atoms in total. The zero-order chi connectivity index (χ0) is 51.8. The van der Waals surface area contributed by atoms with Crippen LogP contribution in [-0.4, -0.2) is 103 Å². The molecule has 4 aromatic rings. The van der Waals surface area contributed by atoms with Gasteiger partial charge in [-0.3, -0.25) is 0 Å². The Balaban J connectivity index is 1.52. The Morgan fingerprint density at radius 2 is 0.435 bits per heavy atom. The Morgan fingerprint density at radius 1 is 0.275 bits per heavy atom. The van der Waals surface area contributed by atoms with Gasteiger partial charge in [-0.2, -0.15) is 17.2 Å². The van der Waals surface area contributed by atoms with E-state index in [2.05, 4.69) is 0 Å². The van der Waals surface area contributed by atoms with E-state index < -0.39 is 40.1 Å². The van der Waals surface area contributed by atoms with Crippen LogP contribution in [-0.2, 0) is 40.1 Å². The summed E-state index contributed by atoms with van der Waals surface area (Å²) >= 11 is 0. The number of sulfonamides is 4. The lowest BCUT2D eigenvalue weighted by Gasteiger charge is -2.27. The molecule has 0 aliphatic rings. The van der Waals surface area contributed by atoms with Crippen LogP contribution in [0.4, 0.5) is 0 Å². The van der Waals surface area contributed by atoms with Crippen molar-refractivity contribution in [1.82, 2.24) is 17.2 Å². The second kappa shape index (κ2) is 24.3. The number of hydrogen-bond acceptors (Lipinski definition) is 8. The topological polar surface area (TPSA) is 150 Å². The van der Waals surface area contributed by atoms with Crippen LogP contribution < -0.4 is 0 Å². The molecule has 0 saturated carbocycles. The summed E-state index contributed by atoms with van der Waals surface area (Å²) in [4.78, 5) is 1.18. The van der Waals surface area contributed by atoms with Crippen molar-refractivity contribution in [2.45, 2.75) is 161 Å². The van der Waals surface area contributed by atoms with Gasteiger partial charge in [0.25, 0.3) is 0 Å². The first kappa shape index (κ1) is 58.1. The minimum Gasteiger partial charge on any atom is -0.207 e. The van der Waals surface area contributed by atoms with Gasteiger partial charge in [-0.05, 0) is 166 Å². The summed E-state index contributed by atoms with van der Waals surface area (Å²) in [5, 5.41) is 0. The standard InChI is InChI=1S/C53H80N4O8S4/c1-15-54(66(58,59)50-42(7)30-38(3)31-43(50)8)24-20-22-28-56(68(62,63)52-46(11)34-40(5)35-47(52)12)26-18-17-19-27-57(69(64,65)53-48(13)36-41(6)37-49(53)14)29-23-21-25-55(16-2)67(60,61)51-44(9)32-39(4)33-45(51)10/h30-37H,15-29H2,1-14H3. The Kier molecular flexibility index (Phi) is 20.5. The third kappa shape index (κ3) is 13.9. The van der Waals surface area contributed by atoms with E-state index >= 15 is 0 Å². The van der Waals surface area contributed by atoms with Gasteiger partial charge in [-0.1, -0.05) is 91.1 Å². The minimum atomic E-state index is -3.96. The van der Waals surface area contributed by atoms with Gasteiger partial charge in [0.1, 0.15) is 0 Å². The summed E-state index contributed by atoms with van der Waals surface area (Å²) in [7, 11) is -15.5. The summed E-state index contributed by atoms with van der Waals surface area (Å²) in [6.45, 7) is 27.7. The van der Waals surface area contributed by atoms with Crippen LogP contribution in [0.5, 0.6) is 0 Å². The van der Waals surface area contributed by atoms with Crippen LogP contribution in [0.25, 0.3) is 0 Å². The van der Waals surface area contributed by atoms with Crippen LogP contribution in [0.1, 0.15) is 126 Å². The normalized spacial score (nSPS) is 12.9. The largest absolute Gasteiger partial charge is 0.243 e. The first-order valence-electron chi connectivity index (χ1n) is 24.4. The molecule has 4 aromatic carbocycles. The Hall–Kier alpha value is -3.48. The van der Waals surface area contributed by atoms with Crippen molar-refractivity contribution in [2.24, 2.45) is 0 Å². The van der Waals surface area contributed by atoms with Crippen molar-refractivity contribution >= 4 is 40.1 Å². The molecule has 4 rings (SSSR count). The highest BCUT2D eigenvalue weighted by molar-refractivity contribution is 7.90. The monoisotopic (exact) mass is 1030 g/mol. The number of hydrogen-bond donors (Lipinski definition) is 0. The molecule has 0 atom stereocenters. The van der Waals surface area contributed by atoms with Crippen LogP contribution >= 0.6 is 0 Å². The first-order chi connectivity index (χ1) is 32.1. The molecular weight excluding hydrogens is 949 g/mol. The third-order valence-electron chi connectivity index (χ3n) is 13.0. The predicted octanol–water partition coefficient (Wildman–Crippen LogP) is 10.2. The lowest BCUT2D eigenvalue weighted by atomic mass is 10.1. The molecule has 0 N–H and O–H groups in total. The third-order valence-corrected chi connectivity index (χ3v) is 21.9. The van der Waals surface area contributed by atoms with E-state index in [0.717, 1.165) is 22.3 Å². The number of nitrogens with zero attached hydrogens (tertiary/aromatic N) is 4. The average Bonchev–Trinajstić information content (AvgIpc) is 3.19. The molecule has 0 unspecified atom stereocenters. The van der Waals surface area contributed by atoms with Crippen molar-refractivity contribution in [3.63, 3.8) is 0 Å². The number of rotatable bonds is 26. The highest BCUT2D eigenvalue weighted by Gasteiger charge is 2.32. The lowest BCUT2D eigenvalue weighted by molar-refractivity contribution is 0.352. The van der Waals surface area contributed by atoms with Gasteiger partial charge < -0.3 is 0 Å². The van der Waals surface area contributed by atoms with Crippen molar-refractivity contribution in [3.8, 4) is 0 Å². The fraction of sp³-hybridized carbons (Fsp3) is 0.547. The molecule has 0 aromatic heterocycles. The van der Waals surface area contributed by atoms with Gasteiger partial charge in [-0.15, -0.1) is 0 Å². The molecule has 0 amide bonds. The van der Waals surface area contributed by atoms with E-state index in [1.807, 2.05) is 118 Å². The molecule has 0 aliphatic heterocycles. The van der Waals surface area contributed by atoms with E-state index in [4.69, 9.17) is 0 Å². The zero-order valence-corrected chi connectivity index (χ0v) is 47.2. The maximum absolute atomic E-state index is 14.6. The van der Waals surface area contributed by atoms with Gasteiger partial charge >= 0.3 is 0 Å². The van der Waals surface area contributed by atoms with Crippen molar-refractivity contribution in [3.05, 3.63) is 115 Å². The zero-order valence-electron chi connectivity index (χ0n) is 43.9. The summed E-state index contributed by atoms with van der Waals surface area (Å²) in [5.41, 5.74) is 9.34. The second-order valence-corrected chi connectivity index (χ2v) is 26.7. The highest BCUT2D eigenvalue weighted by Crippen LogP contribution is 2.30. The van der Waals surface area contributed by atoms with E-state index in [1.165, 1.54) is 17.2 Å². The lowest BCUT2D eigenvalue weighted by Crippen LogP contribution is -2.36. The van der Waals surface area contributed by atoms with Crippen molar-refractivity contribution < 1.29 is 33.7 Å². The molecule has 384 valence electrons. The average molecular weight is 1030 g/mol. The molecule has 0 radical (unpaired) electrons. The summed E-state index contributed by atoms with van der Waals surface area (Å²) in [6.07, 6.45) is 3.26. The van der Waals surface area contributed by atoms with Crippen LogP contribution in [0.3, 0.4) is 0 Å². The summed E-state index contributed by atoms with van der Waals surface area (Å²) in [5.74, 6) is 0. The highest BCUT2D eigenvalue weighted by atomic mass is 32.2. The molecule has 0 bridgehead atoms. The van der Waals surface area contributed by atoms with E-state index in [-0.39, 0.29) is 62.1 Å². The quantitative estimate of drug-likeness (QED) is 0.0565. The maximum atomic E-state index is 14.6. The minimum absolute atomic E-state index is 0.190. The maximum Gasteiger partial charge on any atom is 0.243 e. The molecule has 16 heteroatoms. The summed E-state index contributed by atoms with van der Waals surface area (Å²) < 4.78 is 120. The molecule has 0 fully saturated rings. The number of benzene rings is 4. The Bertz CT molecular complexity index is 2630. The molecule has 0 heterocycles. The molecule has 0 saturated heterocycles. The van der Waals surface area contributed by atoms with Crippen LogP contribution in [0.2, 0.25) is 0 Å². The smallest absolute Gasteiger partial charge is 0.207 e. The van der Waals surface area contributed by atoms with Gasteiger partial charge in [0.05, 0.1) is 19.6 Å². The first-order valence-corrected chi connectivity index (χ1v) is 30.2. The second-order valence-electron chi connectivity index (χ2n) is 19.2. The molecule has 0 aliphatic carbocycles. The Morgan fingerprint density at radius 3 is 0.623 bits per heavy atom. The molecular formula is C53H80N4O8S4. The predicted molar refractivity (Wildman–Crippen MR) is 281 cm³/mol. The van der Waals surface area contributed by atoms with Gasteiger partial charge in [-0.25, -0.2) is 33.7 Å². The van der Waals surface area contributed by atoms with E-state index in [0.29, 0.717) is 99.2 Å².